The van der Waals surface area contributed by atoms with E-state index in [9.17, 15) is 0 Å². The molecule has 0 aromatic carbocycles. The molecule has 0 aliphatic carbocycles. The van der Waals surface area contributed by atoms with Gasteiger partial charge in [0.25, 0.3) is 0 Å². The molecule has 68 valence electrons. The van der Waals surface area contributed by atoms with Gasteiger partial charge in [-0.25, -0.2) is 0 Å². The Morgan fingerprint density at radius 3 is 2.38 bits per heavy atom. The van der Waals surface area contributed by atoms with Gasteiger partial charge in [-0.2, -0.15) is 0 Å². The van der Waals surface area contributed by atoms with Gasteiger partial charge in [0.2, 0.25) is 0 Å². The molecule has 13 heavy (non-hydrogen) atoms. The summed E-state index contributed by atoms with van der Waals surface area (Å²) in [6.45, 7) is 8.50. The quantitative estimate of drug-likeness (QED) is 0.550. The normalized spacial score (nSPS) is 11.0. The Morgan fingerprint density at radius 2 is 2.00 bits per heavy atom. The average Bonchev–Trinajstić information content (AvgIpc) is 2.01. The highest BCUT2D eigenvalue weighted by atomic mass is 14.7. The van der Waals surface area contributed by atoms with E-state index in [2.05, 4.69) is 38.6 Å². The maximum Gasteiger partial charge on any atom is 0.0487 e. The summed E-state index contributed by atoms with van der Waals surface area (Å²) in [6.07, 6.45) is 7.05. The maximum absolute atomic E-state index is 5.29. The molecule has 0 N–H and O–H groups in total. The molecule has 0 aliphatic heterocycles. The second kappa shape index (κ2) is 3.22. The minimum absolute atomic E-state index is 0.0945. The van der Waals surface area contributed by atoms with E-state index in [0.29, 0.717) is 0 Å². The Kier molecular flexibility index (Phi) is 2.43. The van der Waals surface area contributed by atoms with E-state index in [0.717, 1.165) is 11.3 Å². The van der Waals surface area contributed by atoms with Crippen LogP contribution in [0.1, 0.15) is 37.6 Å². The number of hydrogen-bond donors (Lipinski definition) is 0. The zero-order valence-corrected chi connectivity index (χ0v) is 8.68. The second-order valence-electron chi connectivity index (χ2n) is 4.28. The molecule has 0 bridgehead atoms. The monoisotopic (exact) mass is 173 g/mol. The lowest BCUT2D eigenvalue weighted by atomic mass is 9.88. The van der Waals surface area contributed by atoms with Crippen molar-refractivity contribution in [3.05, 3.63) is 29.1 Å². The molecular weight excluding hydrogens is 158 g/mol. The Hall–Kier alpha value is -1.29. The molecule has 0 amide bonds. The Labute approximate surface area is 80.2 Å². The standard InChI is InChI=1S/C12H15N/c1-6-10-7-9(2)11(13-8-10)12(3,4)5/h1,7-8H,2-5H3. The van der Waals surface area contributed by atoms with Gasteiger partial charge in [0, 0.05) is 22.9 Å². The van der Waals surface area contributed by atoms with Crippen LogP contribution in [0.5, 0.6) is 0 Å². The van der Waals surface area contributed by atoms with Crippen molar-refractivity contribution in [2.75, 3.05) is 0 Å². The summed E-state index contributed by atoms with van der Waals surface area (Å²) in [5.74, 6) is 2.58. The summed E-state index contributed by atoms with van der Waals surface area (Å²) in [7, 11) is 0. The van der Waals surface area contributed by atoms with Gasteiger partial charge in [0.1, 0.15) is 0 Å². The highest BCUT2D eigenvalue weighted by molar-refractivity contribution is 5.36. The van der Waals surface area contributed by atoms with Crippen molar-refractivity contribution in [3.63, 3.8) is 0 Å². The highest BCUT2D eigenvalue weighted by Gasteiger charge is 2.17. The predicted octanol–water partition coefficient (Wildman–Crippen LogP) is 2.67. The molecule has 0 fully saturated rings. The minimum Gasteiger partial charge on any atom is -0.259 e. The van der Waals surface area contributed by atoms with Crippen molar-refractivity contribution < 1.29 is 0 Å². The lowest BCUT2D eigenvalue weighted by molar-refractivity contribution is 0.564. The number of aryl methyl sites for hydroxylation is 1. The molecule has 1 aromatic heterocycles. The largest absolute Gasteiger partial charge is 0.259 e. The van der Waals surface area contributed by atoms with Crippen LogP contribution in [0.4, 0.5) is 0 Å². The van der Waals surface area contributed by atoms with Gasteiger partial charge in [-0.3, -0.25) is 4.98 Å². The van der Waals surface area contributed by atoms with Crippen LogP contribution in [0.2, 0.25) is 0 Å². The van der Waals surface area contributed by atoms with E-state index in [1.165, 1.54) is 5.56 Å². The molecule has 1 heteroatoms. The fraction of sp³-hybridized carbons (Fsp3) is 0.417. The molecule has 0 radical (unpaired) electrons. The second-order valence-corrected chi connectivity index (χ2v) is 4.28. The number of aromatic nitrogens is 1. The fourth-order valence-electron chi connectivity index (χ4n) is 1.44. The Morgan fingerprint density at radius 1 is 1.38 bits per heavy atom. The summed E-state index contributed by atoms with van der Waals surface area (Å²) in [5.41, 5.74) is 3.23. The minimum atomic E-state index is 0.0945. The predicted molar refractivity (Wildman–Crippen MR) is 55.6 cm³/mol. The van der Waals surface area contributed by atoms with Crippen LogP contribution in [0.15, 0.2) is 12.3 Å². The van der Waals surface area contributed by atoms with E-state index >= 15 is 0 Å². The van der Waals surface area contributed by atoms with Crippen LogP contribution in [0.3, 0.4) is 0 Å². The molecular formula is C12H15N. The van der Waals surface area contributed by atoms with Gasteiger partial charge in [0.15, 0.2) is 0 Å². The van der Waals surface area contributed by atoms with Gasteiger partial charge < -0.3 is 0 Å². The smallest absolute Gasteiger partial charge is 0.0487 e. The van der Waals surface area contributed by atoms with Crippen molar-refractivity contribution >= 4 is 0 Å². The molecule has 0 unspecified atom stereocenters. The van der Waals surface area contributed by atoms with Crippen molar-refractivity contribution in [2.24, 2.45) is 0 Å². The number of rotatable bonds is 0. The third kappa shape index (κ3) is 2.09. The lowest BCUT2D eigenvalue weighted by Crippen LogP contribution is -2.15. The van der Waals surface area contributed by atoms with E-state index < -0.39 is 0 Å². The first kappa shape index (κ1) is 9.80. The van der Waals surface area contributed by atoms with Crippen LogP contribution in [-0.2, 0) is 5.41 Å². The molecule has 1 heterocycles. The summed E-state index contributed by atoms with van der Waals surface area (Å²) >= 11 is 0. The molecule has 0 aliphatic rings. The lowest BCUT2D eigenvalue weighted by Gasteiger charge is -2.19. The summed E-state index contributed by atoms with van der Waals surface area (Å²) in [6, 6.07) is 2.01. The SMILES string of the molecule is C#Cc1cnc(C(C)(C)C)c(C)c1. The zero-order chi connectivity index (χ0) is 10.1. The summed E-state index contributed by atoms with van der Waals surface area (Å²) < 4.78 is 0. The van der Waals surface area contributed by atoms with E-state index in [1.54, 1.807) is 6.20 Å². The zero-order valence-electron chi connectivity index (χ0n) is 8.68. The molecule has 1 rings (SSSR count). The van der Waals surface area contributed by atoms with E-state index in [-0.39, 0.29) is 5.41 Å². The van der Waals surface area contributed by atoms with Crippen LogP contribution in [0, 0.1) is 19.3 Å². The van der Waals surface area contributed by atoms with Gasteiger partial charge in [0.05, 0.1) is 0 Å². The number of hydrogen-bond acceptors (Lipinski definition) is 1. The number of nitrogens with zero attached hydrogens (tertiary/aromatic N) is 1. The maximum atomic E-state index is 5.29. The molecule has 0 saturated carbocycles. The fourth-order valence-corrected chi connectivity index (χ4v) is 1.44. The Bertz CT molecular complexity index is 350. The van der Waals surface area contributed by atoms with Gasteiger partial charge in [-0.1, -0.05) is 26.7 Å². The Balaban J connectivity index is 3.23. The summed E-state index contributed by atoms with van der Waals surface area (Å²) in [5, 5.41) is 0. The topological polar surface area (TPSA) is 12.9 Å². The number of terminal acetylenes is 1. The average molecular weight is 173 g/mol. The molecule has 1 nitrogen and oxygen atoms in total. The number of pyridine rings is 1. The van der Waals surface area contributed by atoms with Crippen LogP contribution in [-0.4, -0.2) is 4.98 Å². The van der Waals surface area contributed by atoms with Crippen molar-refractivity contribution in [1.82, 2.24) is 4.98 Å². The van der Waals surface area contributed by atoms with E-state index in [4.69, 9.17) is 6.42 Å². The molecule has 1 aromatic rings. The van der Waals surface area contributed by atoms with Crippen molar-refractivity contribution in [2.45, 2.75) is 33.1 Å². The molecule has 0 saturated heterocycles. The summed E-state index contributed by atoms with van der Waals surface area (Å²) in [4.78, 5) is 4.38. The first-order valence-corrected chi connectivity index (χ1v) is 4.39. The molecule has 0 spiro atoms. The van der Waals surface area contributed by atoms with Crippen LogP contribution >= 0.6 is 0 Å². The third-order valence-electron chi connectivity index (χ3n) is 1.96. The van der Waals surface area contributed by atoms with Crippen molar-refractivity contribution in [3.8, 4) is 12.3 Å². The van der Waals surface area contributed by atoms with Gasteiger partial charge >= 0.3 is 0 Å². The van der Waals surface area contributed by atoms with Crippen LogP contribution < -0.4 is 0 Å². The first-order valence-electron chi connectivity index (χ1n) is 4.39. The highest BCUT2D eigenvalue weighted by Crippen LogP contribution is 2.23. The third-order valence-corrected chi connectivity index (χ3v) is 1.96. The van der Waals surface area contributed by atoms with Gasteiger partial charge in [-0.15, -0.1) is 6.42 Å². The first-order chi connectivity index (χ1) is 5.95. The van der Waals surface area contributed by atoms with Crippen LogP contribution in [0.25, 0.3) is 0 Å². The van der Waals surface area contributed by atoms with Gasteiger partial charge in [-0.05, 0) is 18.6 Å². The van der Waals surface area contributed by atoms with Crippen molar-refractivity contribution in [1.29, 1.82) is 0 Å². The van der Waals surface area contributed by atoms with E-state index in [1.807, 2.05) is 6.07 Å². The molecule has 0 atom stereocenters.